The molecule has 0 saturated carbocycles. The Morgan fingerprint density at radius 3 is 3.10 bits per heavy atom. The van der Waals surface area contributed by atoms with Crippen molar-refractivity contribution < 1.29 is 4.92 Å². The maximum absolute atomic E-state index is 11.1. The van der Waals surface area contributed by atoms with Gasteiger partial charge < -0.3 is 10.6 Å². The van der Waals surface area contributed by atoms with Crippen LogP contribution in [0.15, 0.2) is 30.5 Å². The van der Waals surface area contributed by atoms with E-state index >= 15 is 0 Å². The Morgan fingerprint density at radius 1 is 1.43 bits per heavy atom. The number of nitro benzene ring substituents is 1. The number of hydrogen-bond acceptors (Lipinski definition) is 5. The van der Waals surface area contributed by atoms with Crippen LogP contribution < -0.4 is 10.6 Å². The zero-order valence-electron chi connectivity index (χ0n) is 11.7. The van der Waals surface area contributed by atoms with Crippen molar-refractivity contribution in [3.05, 3.63) is 40.6 Å². The average molecular weight is 286 g/mol. The second kappa shape index (κ2) is 6.05. The second-order valence-electron chi connectivity index (χ2n) is 5.36. The van der Waals surface area contributed by atoms with Gasteiger partial charge in [-0.2, -0.15) is 0 Å². The van der Waals surface area contributed by atoms with E-state index in [1.54, 1.807) is 12.3 Å². The van der Waals surface area contributed by atoms with Crippen molar-refractivity contribution in [3.8, 4) is 0 Å². The summed E-state index contributed by atoms with van der Waals surface area (Å²) in [6.07, 6.45) is 3.95. The third kappa shape index (κ3) is 2.95. The standard InChI is InChI=1S/C15H18N4O2/c20-19(21)14-3-1-2-12-13(6-9-18-15(12)14)17-8-5-11-4-7-16-10-11/h1-3,6,9,11,16H,4-5,7-8,10H2,(H,17,18). The van der Waals surface area contributed by atoms with Gasteiger partial charge in [-0.3, -0.25) is 10.1 Å². The largest absolute Gasteiger partial charge is 0.384 e. The molecule has 0 radical (unpaired) electrons. The van der Waals surface area contributed by atoms with E-state index < -0.39 is 0 Å². The fourth-order valence-electron chi connectivity index (χ4n) is 2.83. The van der Waals surface area contributed by atoms with Gasteiger partial charge in [0.2, 0.25) is 0 Å². The number of non-ortho nitro benzene ring substituents is 1. The van der Waals surface area contributed by atoms with Crippen molar-refractivity contribution in [1.29, 1.82) is 0 Å². The summed E-state index contributed by atoms with van der Waals surface area (Å²) >= 11 is 0. The van der Waals surface area contributed by atoms with E-state index in [1.165, 1.54) is 12.5 Å². The number of hydrogen-bond donors (Lipinski definition) is 2. The number of rotatable bonds is 5. The topological polar surface area (TPSA) is 80.1 Å². The van der Waals surface area contributed by atoms with Gasteiger partial charge in [-0.1, -0.05) is 12.1 Å². The smallest absolute Gasteiger partial charge is 0.295 e. The molecule has 3 rings (SSSR count). The molecule has 1 saturated heterocycles. The lowest BCUT2D eigenvalue weighted by molar-refractivity contribution is -0.383. The average Bonchev–Trinajstić information content (AvgIpc) is 3.00. The lowest BCUT2D eigenvalue weighted by Crippen LogP contribution is -2.13. The van der Waals surface area contributed by atoms with Crippen molar-refractivity contribution >= 4 is 22.3 Å². The molecule has 0 amide bonds. The molecule has 110 valence electrons. The van der Waals surface area contributed by atoms with Gasteiger partial charge >= 0.3 is 0 Å². The Kier molecular flexibility index (Phi) is 3.96. The maximum atomic E-state index is 11.1. The molecule has 6 nitrogen and oxygen atoms in total. The second-order valence-corrected chi connectivity index (χ2v) is 5.36. The van der Waals surface area contributed by atoms with Crippen LogP contribution in [-0.4, -0.2) is 29.5 Å². The monoisotopic (exact) mass is 286 g/mol. The van der Waals surface area contributed by atoms with E-state index in [0.29, 0.717) is 5.52 Å². The molecule has 0 aliphatic carbocycles. The van der Waals surface area contributed by atoms with Gasteiger partial charge in [0, 0.05) is 29.9 Å². The highest BCUT2D eigenvalue weighted by Crippen LogP contribution is 2.28. The molecule has 0 spiro atoms. The highest BCUT2D eigenvalue weighted by atomic mass is 16.6. The lowest BCUT2D eigenvalue weighted by atomic mass is 10.1. The number of nitrogens with zero attached hydrogens (tertiary/aromatic N) is 2. The van der Waals surface area contributed by atoms with Crippen molar-refractivity contribution in [2.45, 2.75) is 12.8 Å². The minimum atomic E-state index is -0.386. The van der Waals surface area contributed by atoms with Crippen LogP contribution in [0.4, 0.5) is 11.4 Å². The van der Waals surface area contributed by atoms with E-state index in [1.807, 2.05) is 12.1 Å². The van der Waals surface area contributed by atoms with Crippen LogP contribution in [-0.2, 0) is 0 Å². The van der Waals surface area contributed by atoms with Crippen LogP contribution in [0.25, 0.3) is 10.9 Å². The predicted octanol–water partition coefficient (Wildman–Crippen LogP) is 2.55. The Bertz CT molecular complexity index is 653. The molecule has 1 aliphatic heterocycles. The number of para-hydroxylation sites is 1. The SMILES string of the molecule is O=[N+]([O-])c1cccc2c(NCCC3CCNC3)ccnc12. The van der Waals surface area contributed by atoms with Gasteiger partial charge in [0.25, 0.3) is 5.69 Å². The van der Waals surface area contributed by atoms with Crippen molar-refractivity contribution in [2.75, 3.05) is 25.0 Å². The molecule has 1 aliphatic rings. The summed E-state index contributed by atoms with van der Waals surface area (Å²) in [4.78, 5) is 14.8. The highest BCUT2D eigenvalue weighted by Gasteiger charge is 2.16. The van der Waals surface area contributed by atoms with Crippen molar-refractivity contribution in [3.63, 3.8) is 0 Å². The molecule has 1 atom stereocenters. The van der Waals surface area contributed by atoms with Gasteiger partial charge in [0.1, 0.15) is 5.52 Å². The molecule has 2 aromatic rings. The summed E-state index contributed by atoms with van der Waals surface area (Å²) in [5, 5.41) is 18.6. The third-order valence-corrected chi connectivity index (χ3v) is 3.98. The molecule has 1 aromatic carbocycles. The van der Waals surface area contributed by atoms with Gasteiger partial charge in [-0.25, -0.2) is 4.98 Å². The molecule has 21 heavy (non-hydrogen) atoms. The van der Waals surface area contributed by atoms with E-state index in [4.69, 9.17) is 0 Å². The zero-order chi connectivity index (χ0) is 14.7. The van der Waals surface area contributed by atoms with E-state index in [9.17, 15) is 10.1 Å². The zero-order valence-corrected chi connectivity index (χ0v) is 11.7. The first-order valence-corrected chi connectivity index (χ1v) is 7.22. The number of anilines is 1. The van der Waals surface area contributed by atoms with E-state index in [0.717, 1.165) is 43.0 Å². The fraction of sp³-hybridized carbons (Fsp3) is 0.400. The molecular weight excluding hydrogens is 268 g/mol. The molecule has 1 aromatic heterocycles. The summed E-state index contributed by atoms with van der Waals surface area (Å²) in [6, 6.07) is 6.94. The third-order valence-electron chi connectivity index (χ3n) is 3.98. The Labute approximate surface area is 122 Å². The summed E-state index contributed by atoms with van der Waals surface area (Å²) in [6.45, 7) is 3.06. The summed E-state index contributed by atoms with van der Waals surface area (Å²) in [7, 11) is 0. The Balaban J connectivity index is 1.78. The normalized spacial score (nSPS) is 18.0. The summed E-state index contributed by atoms with van der Waals surface area (Å²) in [5.41, 5.74) is 1.40. The molecular formula is C15H18N4O2. The molecule has 0 bridgehead atoms. The predicted molar refractivity (Wildman–Crippen MR) is 82.5 cm³/mol. The first kappa shape index (κ1) is 13.8. The highest BCUT2D eigenvalue weighted by molar-refractivity contribution is 5.96. The fourth-order valence-corrected chi connectivity index (χ4v) is 2.83. The molecule has 1 fully saturated rings. The molecule has 6 heteroatoms. The van der Waals surface area contributed by atoms with E-state index in [-0.39, 0.29) is 10.6 Å². The Hall–Kier alpha value is -2.21. The van der Waals surface area contributed by atoms with Crippen LogP contribution in [0, 0.1) is 16.0 Å². The molecule has 2 N–H and O–H groups in total. The number of aromatic nitrogens is 1. The number of nitrogens with one attached hydrogen (secondary N) is 2. The number of pyridine rings is 1. The molecule has 1 unspecified atom stereocenters. The number of fused-ring (bicyclic) bond motifs is 1. The quantitative estimate of drug-likeness (QED) is 0.652. The lowest BCUT2D eigenvalue weighted by Gasteiger charge is -2.12. The summed E-state index contributed by atoms with van der Waals surface area (Å²) in [5.74, 6) is 0.722. The van der Waals surface area contributed by atoms with Crippen LogP contribution in [0.2, 0.25) is 0 Å². The van der Waals surface area contributed by atoms with Gasteiger partial charge in [-0.15, -0.1) is 0 Å². The van der Waals surface area contributed by atoms with Crippen LogP contribution in [0.3, 0.4) is 0 Å². The maximum Gasteiger partial charge on any atom is 0.295 e. The van der Waals surface area contributed by atoms with Gasteiger partial charge in [0.15, 0.2) is 0 Å². The molecule has 2 heterocycles. The minimum Gasteiger partial charge on any atom is -0.384 e. The number of nitro groups is 1. The van der Waals surface area contributed by atoms with Crippen molar-refractivity contribution in [2.24, 2.45) is 5.92 Å². The van der Waals surface area contributed by atoms with Gasteiger partial charge in [0.05, 0.1) is 4.92 Å². The first-order chi connectivity index (χ1) is 10.3. The van der Waals surface area contributed by atoms with Crippen LogP contribution >= 0.6 is 0 Å². The minimum absolute atomic E-state index is 0.0520. The van der Waals surface area contributed by atoms with Crippen LogP contribution in [0.5, 0.6) is 0 Å². The first-order valence-electron chi connectivity index (χ1n) is 7.22. The van der Waals surface area contributed by atoms with Crippen LogP contribution in [0.1, 0.15) is 12.8 Å². The number of benzene rings is 1. The van der Waals surface area contributed by atoms with E-state index in [2.05, 4.69) is 15.6 Å². The van der Waals surface area contributed by atoms with Gasteiger partial charge in [-0.05, 0) is 37.9 Å². The summed E-state index contributed by atoms with van der Waals surface area (Å²) < 4.78 is 0. The van der Waals surface area contributed by atoms with Crippen molar-refractivity contribution in [1.82, 2.24) is 10.3 Å². The Morgan fingerprint density at radius 2 is 2.33 bits per heavy atom.